The molecule has 126 valence electrons. The van der Waals surface area contributed by atoms with Gasteiger partial charge in [0.25, 0.3) is 5.69 Å². The molecule has 0 heterocycles. The van der Waals surface area contributed by atoms with Gasteiger partial charge in [-0.25, -0.2) is 13.1 Å². The first-order chi connectivity index (χ1) is 10.8. The topological polar surface area (TPSA) is 127 Å². The maximum Gasteiger partial charge on any atom is 0.306 e. The van der Waals surface area contributed by atoms with Gasteiger partial charge < -0.3 is 5.11 Å². The summed E-state index contributed by atoms with van der Waals surface area (Å²) in [5.41, 5.74) is 0.369. The van der Waals surface area contributed by atoms with Crippen LogP contribution >= 0.6 is 0 Å². The molecule has 1 saturated carbocycles. The number of nitro benzene ring substituents is 1. The summed E-state index contributed by atoms with van der Waals surface area (Å²) in [6.07, 6.45) is 1.91. The van der Waals surface area contributed by atoms with Crippen LogP contribution in [0.15, 0.2) is 24.3 Å². The summed E-state index contributed by atoms with van der Waals surface area (Å²) < 4.78 is 26.9. The summed E-state index contributed by atoms with van der Waals surface area (Å²) in [7, 11) is -3.57. The molecule has 0 spiro atoms. The third-order valence-electron chi connectivity index (χ3n) is 3.93. The normalized spacial score (nSPS) is 21.7. The van der Waals surface area contributed by atoms with Gasteiger partial charge in [0, 0.05) is 18.2 Å². The van der Waals surface area contributed by atoms with Crippen LogP contribution in [0.1, 0.15) is 31.2 Å². The molecule has 1 aromatic rings. The number of nitrogens with one attached hydrogen (secondary N) is 1. The molecule has 0 radical (unpaired) electrons. The monoisotopic (exact) mass is 342 g/mol. The van der Waals surface area contributed by atoms with Crippen molar-refractivity contribution in [1.82, 2.24) is 4.72 Å². The number of aliphatic carboxylic acids is 1. The van der Waals surface area contributed by atoms with E-state index in [1.807, 2.05) is 0 Å². The molecule has 9 heteroatoms. The van der Waals surface area contributed by atoms with Crippen LogP contribution in [0.25, 0.3) is 0 Å². The Bertz CT molecular complexity index is 678. The number of carboxylic acids is 1. The second-order valence-corrected chi connectivity index (χ2v) is 7.44. The Balaban J connectivity index is 1.92. The average molecular weight is 342 g/mol. The largest absolute Gasteiger partial charge is 0.481 e. The first-order valence-corrected chi connectivity index (χ1v) is 8.88. The molecule has 8 nitrogen and oxygen atoms in total. The van der Waals surface area contributed by atoms with Crippen LogP contribution in [-0.4, -0.2) is 30.5 Å². The van der Waals surface area contributed by atoms with Crippen LogP contribution < -0.4 is 4.72 Å². The van der Waals surface area contributed by atoms with Crippen molar-refractivity contribution in [3.63, 3.8) is 0 Å². The van der Waals surface area contributed by atoms with E-state index >= 15 is 0 Å². The lowest BCUT2D eigenvalue weighted by molar-refractivity contribution is -0.384. The van der Waals surface area contributed by atoms with Gasteiger partial charge in [0.05, 0.1) is 16.6 Å². The van der Waals surface area contributed by atoms with Gasteiger partial charge in [-0.1, -0.05) is 12.1 Å². The highest BCUT2D eigenvalue weighted by atomic mass is 32.2. The van der Waals surface area contributed by atoms with Gasteiger partial charge in [-0.05, 0) is 31.2 Å². The van der Waals surface area contributed by atoms with Crippen LogP contribution in [0.2, 0.25) is 0 Å². The Morgan fingerprint density at radius 3 is 2.26 bits per heavy atom. The molecule has 1 fully saturated rings. The van der Waals surface area contributed by atoms with Crippen LogP contribution in [0.3, 0.4) is 0 Å². The molecule has 2 rings (SSSR count). The highest BCUT2D eigenvalue weighted by Gasteiger charge is 2.28. The van der Waals surface area contributed by atoms with Gasteiger partial charge in [-0.15, -0.1) is 0 Å². The first kappa shape index (κ1) is 17.4. The van der Waals surface area contributed by atoms with Crippen molar-refractivity contribution in [1.29, 1.82) is 0 Å². The Hall–Kier alpha value is -2.00. The zero-order valence-electron chi connectivity index (χ0n) is 12.3. The highest BCUT2D eigenvalue weighted by Crippen LogP contribution is 2.25. The van der Waals surface area contributed by atoms with Gasteiger partial charge in [-0.2, -0.15) is 0 Å². The lowest BCUT2D eigenvalue weighted by Gasteiger charge is -2.26. The zero-order chi connectivity index (χ0) is 17.0. The smallest absolute Gasteiger partial charge is 0.306 e. The number of carboxylic acid groups (broad SMARTS) is 1. The number of rotatable bonds is 6. The highest BCUT2D eigenvalue weighted by molar-refractivity contribution is 7.88. The molecule has 0 unspecified atom stereocenters. The van der Waals surface area contributed by atoms with Crippen molar-refractivity contribution in [2.75, 3.05) is 0 Å². The number of non-ortho nitro benzene ring substituents is 1. The second-order valence-electron chi connectivity index (χ2n) is 5.69. The van der Waals surface area contributed by atoms with Gasteiger partial charge in [-0.3, -0.25) is 14.9 Å². The third kappa shape index (κ3) is 5.00. The fraction of sp³-hybridized carbons (Fsp3) is 0.500. The van der Waals surface area contributed by atoms with Crippen molar-refractivity contribution < 1.29 is 23.2 Å². The number of carbonyl (C=O) groups is 1. The van der Waals surface area contributed by atoms with Crippen molar-refractivity contribution in [2.45, 2.75) is 37.5 Å². The molecule has 0 atom stereocenters. The molecule has 0 saturated heterocycles. The van der Waals surface area contributed by atoms with E-state index in [0.29, 0.717) is 31.2 Å². The Morgan fingerprint density at radius 1 is 1.22 bits per heavy atom. The molecule has 1 aliphatic rings. The maximum absolute atomic E-state index is 12.1. The number of nitrogens with zero attached hydrogens (tertiary/aromatic N) is 1. The quantitative estimate of drug-likeness (QED) is 0.598. The van der Waals surface area contributed by atoms with E-state index in [-0.39, 0.29) is 17.5 Å². The van der Waals surface area contributed by atoms with Crippen molar-refractivity contribution in [2.24, 2.45) is 5.92 Å². The summed E-state index contributed by atoms with van der Waals surface area (Å²) in [5, 5.41) is 19.5. The average Bonchev–Trinajstić information content (AvgIpc) is 2.47. The summed E-state index contributed by atoms with van der Waals surface area (Å²) in [6, 6.07) is 5.11. The summed E-state index contributed by atoms with van der Waals surface area (Å²) in [5.74, 6) is -1.49. The number of hydrogen-bond donors (Lipinski definition) is 2. The van der Waals surface area contributed by atoms with Crippen LogP contribution in [0.5, 0.6) is 0 Å². The first-order valence-electron chi connectivity index (χ1n) is 7.23. The SMILES string of the molecule is O=C(O)C1CCC(NS(=O)(=O)Cc2ccc([N+](=O)[O-])cc2)CC1. The standard InChI is InChI=1S/C14H18N2O6S/c17-14(18)11-3-5-12(6-4-11)15-23(21,22)9-10-1-7-13(8-2-10)16(19)20/h1-2,7-8,11-12,15H,3-6,9H2,(H,17,18). The van der Waals surface area contributed by atoms with E-state index in [2.05, 4.69) is 4.72 Å². The van der Waals surface area contributed by atoms with Gasteiger partial charge in [0.1, 0.15) is 0 Å². The molecular formula is C14H18N2O6S. The van der Waals surface area contributed by atoms with Gasteiger partial charge >= 0.3 is 5.97 Å². The molecule has 0 aromatic heterocycles. The number of benzene rings is 1. The molecule has 2 N–H and O–H groups in total. The minimum Gasteiger partial charge on any atom is -0.481 e. The second kappa shape index (κ2) is 7.05. The lowest BCUT2D eigenvalue weighted by atomic mass is 9.87. The lowest BCUT2D eigenvalue weighted by Crippen LogP contribution is -2.39. The Morgan fingerprint density at radius 2 is 1.78 bits per heavy atom. The third-order valence-corrected chi connectivity index (χ3v) is 5.33. The zero-order valence-corrected chi connectivity index (χ0v) is 13.2. The molecule has 1 aromatic carbocycles. The summed E-state index contributed by atoms with van der Waals surface area (Å²) in [6.45, 7) is 0. The van der Waals surface area contributed by atoms with Gasteiger partial charge in [0.2, 0.25) is 10.0 Å². The van der Waals surface area contributed by atoms with E-state index in [1.54, 1.807) is 0 Å². The summed E-state index contributed by atoms with van der Waals surface area (Å²) in [4.78, 5) is 20.9. The molecule has 1 aliphatic carbocycles. The maximum atomic E-state index is 12.1. The van der Waals surface area contributed by atoms with Crippen LogP contribution in [-0.2, 0) is 20.6 Å². The summed E-state index contributed by atoms with van der Waals surface area (Å²) >= 11 is 0. The number of nitro groups is 1. The van der Waals surface area contributed by atoms with Crippen molar-refractivity contribution in [3.05, 3.63) is 39.9 Å². The predicted molar refractivity (Wildman–Crippen MR) is 82.2 cm³/mol. The molecule has 23 heavy (non-hydrogen) atoms. The van der Waals surface area contributed by atoms with Crippen molar-refractivity contribution in [3.8, 4) is 0 Å². The minimum atomic E-state index is -3.57. The number of hydrogen-bond acceptors (Lipinski definition) is 5. The molecular weight excluding hydrogens is 324 g/mol. The minimum absolute atomic E-state index is 0.0916. The molecule has 0 amide bonds. The van der Waals surface area contributed by atoms with Gasteiger partial charge in [0.15, 0.2) is 0 Å². The molecule has 0 aliphatic heterocycles. The van der Waals surface area contributed by atoms with E-state index in [9.17, 15) is 23.3 Å². The van der Waals surface area contributed by atoms with E-state index in [0.717, 1.165) is 0 Å². The van der Waals surface area contributed by atoms with E-state index < -0.39 is 26.8 Å². The fourth-order valence-electron chi connectivity index (χ4n) is 2.69. The Kier molecular flexibility index (Phi) is 5.32. The Labute approximate surface area is 133 Å². The molecule has 0 bridgehead atoms. The predicted octanol–water partition coefficient (Wildman–Crippen LogP) is 1.66. The van der Waals surface area contributed by atoms with E-state index in [4.69, 9.17) is 5.11 Å². The van der Waals surface area contributed by atoms with Crippen LogP contribution in [0, 0.1) is 16.0 Å². The van der Waals surface area contributed by atoms with Crippen LogP contribution in [0.4, 0.5) is 5.69 Å². The fourth-order valence-corrected chi connectivity index (χ4v) is 4.15. The van der Waals surface area contributed by atoms with E-state index in [1.165, 1.54) is 24.3 Å². The number of sulfonamides is 1. The van der Waals surface area contributed by atoms with Crippen molar-refractivity contribution >= 4 is 21.7 Å².